The number of benzene rings is 1. The van der Waals surface area contributed by atoms with Gasteiger partial charge in [0.25, 0.3) is 0 Å². The lowest BCUT2D eigenvalue weighted by molar-refractivity contribution is -0.140. The highest BCUT2D eigenvalue weighted by atomic mass is 35.5. The first kappa shape index (κ1) is 39.1. The molecule has 0 unspecified atom stereocenters. The summed E-state index contributed by atoms with van der Waals surface area (Å²) >= 11 is 0.803. The van der Waals surface area contributed by atoms with Crippen LogP contribution in [0.3, 0.4) is 0 Å². The standard InChI is InChI=1S/C35H41F3N8O4S.ClH/c1-3-40-34(49)43-30-16-24(32-42-29(21-51-32)35(36,37)38)26(17-41-30)23-5-6-28-25(15-23)31(47)27(33(48)50-4-2)20-46(28)19-22-7-10-45(18-22)14-13-44-11-8-39-9-12-44;/h5-6,15-17,20-22,39H,3-4,7-14,18-19H2,1-2H3,(H2,40,41,43,49);1H/t22-;/m0./s1. The van der Waals surface area contributed by atoms with E-state index in [1.54, 1.807) is 38.2 Å². The highest BCUT2D eigenvalue weighted by Gasteiger charge is 2.34. The van der Waals surface area contributed by atoms with Crippen LogP contribution in [0.25, 0.3) is 32.6 Å². The van der Waals surface area contributed by atoms with Crippen molar-refractivity contribution in [2.45, 2.75) is 33.0 Å². The first-order valence-electron chi connectivity index (χ1n) is 17.1. The molecule has 2 saturated heterocycles. The van der Waals surface area contributed by atoms with E-state index >= 15 is 0 Å². The quantitative estimate of drug-likeness (QED) is 0.177. The van der Waals surface area contributed by atoms with Gasteiger partial charge in [0.15, 0.2) is 5.69 Å². The van der Waals surface area contributed by atoms with E-state index in [-0.39, 0.29) is 46.4 Å². The Bertz CT molecular complexity index is 1950. The summed E-state index contributed by atoms with van der Waals surface area (Å²) in [5, 5.41) is 9.81. The Hall–Kier alpha value is -4.09. The number of nitrogens with zero attached hydrogens (tertiary/aromatic N) is 5. The van der Waals surface area contributed by atoms with Crippen LogP contribution in [0, 0.1) is 5.92 Å². The number of aromatic nitrogens is 3. The molecule has 2 fully saturated rings. The monoisotopic (exact) mass is 762 g/mol. The number of urea groups is 1. The molecule has 280 valence electrons. The number of piperazine rings is 1. The summed E-state index contributed by atoms with van der Waals surface area (Å²) in [7, 11) is 0. The summed E-state index contributed by atoms with van der Waals surface area (Å²) < 4.78 is 47.9. The van der Waals surface area contributed by atoms with Gasteiger partial charge in [0, 0.05) is 93.2 Å². The van der Waals surface area contributed by atoms with Gasteiger partial charge < -0.3 is 24.8 Å². The number of ether oxygens (including phenoxy) is 1. The third kappa shape index (κ3) is 9.09. The maximum Gasteiger partial charge on any atom is 0.434 e. The first-order chi connectivity index (χ1) is 24.5. The van der Waals surface area contributed by atoms with Gasteiger partial charge in [-0.3, -0.25) is 15.0 Å². The summed E-state index contributed by atoms with van der Waals surface area (Å²) in [6.07, 6.45) is -0.674. The molecule has 1 aromatic carbocycles. The second-order valence-electron chi connectivity index (χ2n) is 12.7. The Labute approximate surface area is 309 Å². The molecule has 3 aromatic heterocycles. The minimum absolute atomic E-state index is 0. The number of hydrogen-bond donors (Lipinski definition) is 3. The summed E-state index contributed by atoms with van der Waals surface area (Å²) in [5.74, 6) is -0.324. The van der Waals surface area contributed by atoms with Gasteiger partial charge in [0.2, 0.25) is 5.43 Å². The SMILES string of the molecule is CCNC(=O)Nc1cc(-c2nc(C(F)(F)F)cs2)c(-c2ccc3c(c2)c(=O)c(C(=O)OCC)cn3C[C@H]2CCN(CCN3CCNCC3)C2)cn1.Cl. The number of rotatable bonds is 11. The molecule has 2 aliphatic rings. The average Bonchev–Trinajstić information content (AvgIpc) is 3.80. The lowest BCUT2D eigenvalue weighted by atomic mass is 9.99. The van der Waals surface area contributed by atoms with Gasteiger partial charge in [0.1, 0.15) is 16.4 Å². The van der Waals surface area contributed by atoms with Gasteiger partial charge in [-0.15, -0.1) is 23.7 Å². The van der Waals surface area contributed by atoms with E-state index in [4.69, 9.17) is 4.74 Å². The molecule has 4 aromatic rings. The second-order valence-corrected chi connectivity index (χ2v) is 13.5. The van der Waals surface area contributed by atoms with E-state index in [0.717, 1.165) is 75.5 Å². The Morgan fingerprint density at radius 1 is 1.08 bits per heavy atom. The number of thiazole rings is 1. The number of pyridine rings is 2. The molecule has 0 spiro atoms. The van der Waals surface area contributed by atoms with Gasteiger partial charge in [-0.05, 0) is 56.5 Å². The number of alkyl halides is 3. The molecule has 12 nitrogen and oxygen atoms in total. The number of carbonyl (C=O) groups is 2. The number of anilines is 1. The van der Waals surface area contributed by atoms with E-state index in [1.807, 2.05) is 4.57 Å². The van der Waals surface area contributed by atoms with E-state index in [0.29, 0.717) is 35.7 Å². The van der Waals surface area contributed by atoms with E-state index in [9.17, 15) is 27.6 Å². The molecule has 6 rings (SSSR count). The summed E-state index contributed by atoms with van der Waals surface area (Å²) in [6.45, 7) is 12.4. The van der Waals surface area contributed by atoms with Gasteiger partial charge in [0.05, 0.1) is 12.1 Å². The number of fused-ring (bicyclic) bond motifs is 1. The molecule has 0 radical (unpaired) electrons. The van der Waals surface area contributed by atoms with E-state index < -0.39 is 29.3 Å². The molecule has 1 atom stereocenters. The summed E-state index contributed by atoms with van der Waals surface area (Å²) in [4.78, 5) is 52.3. The van der Waals surface area contributed by atoms with Crippen LogP contribution in [0.15, 0.2) is 46.8 Å². The highest BCUT2D eigenvalue weighted by Crippen LogP contribution is 2.39. The smallest absolute Gasteiger partial charge is 0.434 e. The predicted octanol–water partition coefficient (Wildman–Crippen LogP) is 5.17. The van der Waals surface area contributed by atoms with Crippen LogP contribution in [-0.2, 0) is 17.5 Å². The number of esters is 1. The zero-order valence-electron chi connectivity index (χ0n) is 28.9. The minimum atomic E-state index is -4.65. The molecule has 2 aliphatic heterocycles. The van der Waals surface area contributed by atoms with Crippen LogP contribution < -0.4 is 21.4 Å². The normalized spacial score (nSPS) is 16.8. The molecule has 0 aliphatic carbocycles. The molecule has 5 heterocycles. The fourth-order valence-electron chi connectivity index (χ4n) is 6.61. The molecule has 52 heavy (non-hydrogen) atoms. The Morgan fingerprint density at radius 2 is 1.85 bits per heavy atom. The largest absolute Gasteiger partial charge is 0.462 e. The Balaban J connectivity index is 0.00000523. The highest BCUT2D eigenvalue weighted by molar-refractivity contribution is 7.13. The van der Waals surface area contributed by atoms with Crippen molar-refractivity contribution >= 4 is 52.5 Å². The van der Waals surface area contributed by atoms with Gasteiger partial charge >= 0.3 is 18.2 Å². The maximum absolute atomic E-state index is 13.9. The molecule has 2 amide bonds. The van der Waals surface area contributed by atoms with Crippen molar-refractivity contribution in [3.63, 3.8) is 0 Å². The third-order valence-corrected chi connectivity index (χ3v) is 10.0. The first-order valence-corrected chi connectivity index (χ1v) is 18.0. The van der Waals surface area contributed by atoms with Crippen LogP contribution in [0.1, 0.15) is 36.3 Å². The fourth-order valence-corrected chi connectivity index (χ4v) is 7.47. The number of likely N-dealkylation sites (tertiary alicyclic amines) is 1. The number of hydrogen-bond acceptors (Lipinski definition) is 10. The lowest BCUT2D eigenvalue weighted by Gasteiger charge is -2.29. The molecule has 17 heteroatoms. The van der Waals surface area contributed by atoms with Gasteiger partial charge in [-0.25, -0.2) is 19.6 Å². The van der Waals surface area contributed by atoms with Crippen molar-refractivity contribution in [1.82, 2.24) is 35.0 Å². The third-order valence-electron chi connectivity index (χ3n) is 9.16. The number of carbonyl (C=O) groups excluding carboxylic acids is 2. The van der Waals surface area contributed by atoms with Crippen molar-refractivity contribution in [2.24, 2.45) is 5.92 Å². The average molecular weight is 763 g/mol. The van der Waals surface area contributed by atoms with Crippen LogP contribution >= 0.6 is 23.7 Å². The zero-order valence-corrected chi connectivity index (χ0v) is 30.6. The topological polar surface area (TPSA) is 134 Å². The van der Waals surface area contributed by atoms with Gasteiger partial charge in [-0.1, -0.05) is 6.07 Å². The summed E-state index contributed by atoms with van der Waals surface area (Å²) in [6, 6.07) is 6.11. The minimum Gasteiger partial charge on any atom is -0.462 e. The van der Waals surface area contributed by atoms with Crippen LogP contribution in [-0.4, -0.2) is 102 Å². The molecule has 0 bridgehead atoms. The maximum atomic E-state index is 13.9. The van der Waals surface area contributed by atoms with Crippen LogP contribution in [0.2, 0.25) is 0 Å². The van der Waals surface area contributed by atoms with Crippen molar-refractivity contribution < 1.29 is 27.5 Å². The number of nitrogens with one attached hydrogen (secondary N) is 3. The van der Waals surface area contributed by atoms with E-state index in [2.05, 4.69) is 35.7 Å². The second kappa shape index (κ2) is 17.2. The predicted molar refractivity (Wildman–Crippen MR) is 197 cm³/mol. The summed E-state index contributed by atoms with van der Waals surface area (Å²) in [5.41, 5.74) is 0.123. The zero-order chi connectivity index (χ0) is 36.1. The van der Waals surface area contributed by atoms with Crippen molar-refractivity contribution in [1.29, 1.82) is 0 Å². The Kier molecular flexibility index (Phi) is 12.9. The lowest BCUT2D eigenvalue weighted by Crippen LogP contribution is -2.46. The molecule has 3 N–H and O–H groups in total. The molecule has 0 saturated carbocycles. The van der Waals surface area contributed by atoms with Crippen molar-refractivity contribution in [3.05, 3.63) is 63.5 Å². The van der Waals surface area contributed by atoms with E-state index in [1.165, 1.54) is 12.3 Å². The molecular formula is C35H42ClF3N8O4S. The molecular weight excluding hydrogens is 721 g/mol. The Morgan fingerprint density at radius 3 is 2.56 bits per heavy atom. The van der Waals surface area contributed by atoms with Crippen molar-refractivity contribution in [2.75, 3.05) is 70.8 Å². The van der Waals surface area contributed by atoms with Crippen LogP contribution in [0.4, 0.5) is 23.8 Å². The van der Waals surface area contributed by atoms with Crippen molar-refractivity contribution in [3.8, 4) is 21.7 Å². The number of amides is 2. The number of halogens is 4. The fraction of sp³-hybridized carbons (Fsp3) is 0.457. The van der Waals surface area contributed by atoms with Crippen LogP contribution in [0.5, 0.6) is 0 Å². The van der Waals surface area contributed by atoms with Gasteiger partial charge in [-0.2, -0.15) is 13.2 Å².